The minimum atomic E-state index is -0.839. The topological polar surface area (TPSA) is 49.3 Å². The van der Waals surface area contributed by atoms with Crippen molar-refractivity contribution in [2.45, 2.75) is 53.5 Å². The van der Waals surface area contributed by atoms with Gasteiger partial charge in [-0.2, -0.15) is 0 Å². The SMILES string of the molecule is CC(C)CC(C)(C)CNC(C)(C)C(=O)O. The van der Waals surface area contributed by atoms with Crippen LogP contribution in [0, 0.1) is 11.3 Å². The molecule has 0 amide bonds. The Kier molecular flexibility index (Phi) is 4.78. The lowest BCUT2D eigenvalue weighted by Crippen LogP contribution is -2.50. The number of hydrogen-bond donors (Lipinski definition) is 2. The molecule has 3 heteroatoms. The van der Waals surface area contributed by atoms with Gasteiger partial charge < -0.3 is 10.4 Å². The maximum absolute atomic E-state index is 10.9. The van der Waals surface area contributed by atoms with Gasteiger partial charge in [0.1, 0.15) is 5.54 Å². The minimum absolute atomic E-state index is 0.140. The van der Waals surface area contributed by atoms with Crippen molar-refractivity contribution in [3.8, 4) is 0 Å². The molecule has 0 fully saturated rings. The molecule has 0 aromatic rings. The number of aliphatic carboxylic acids is 1. The highest BCUT2D eigenvalue weighted by molar-refractivity contribution is 5.77. The quantitative estimate of drug-likeness (QED) is 0.715. The van der Waals surface area contributed by atoms with Gasteiger partial charge in [0.05, 0.1) is 0 Å². The van der Waals surface area contributed by atoms with Crippen molar-refractivity contribution in [1.29, 1.82) is 0 Å². The van der Waals surface area contributed by atoms with Crippen LogP contribution in [0.2, 0.25) is 0 Å². The standard InChI is InChI=1S/C12H25NO2/c1-9(2)7-11(3,4)8-13-12(5,6)10(14)15/h9,13H,7-8H2,1-6H3,(H,14,15). The molecule has 0 aliphatic carbocycles. The third kappa shape index (κ3) is 5.78. The lowest BCUT2D eigenvalue weighted by molar-refractivity contribution is -0.143. The highest BCUT2D eigenvalue weighted by atomic mass is 16.4. The number of carboxylic acid groups (broad SMARTS) is 1. The second kappa shape index (κ2) is 4.97. The van der Waals surface area contributed by atoms with Gasteiger partial charge in [-0.1, -0.05) is 27.7 Å². The fraction of sp³-hybridized carbons (Fsp3) is 0.917. The van der Waals surface area contributed by atoms with E-state index >= 15 is 0 Å². The highest BCUT2D eigenvalue weighted by Gasteiger charge is 2.29. The summed E-state index contributed by atoms with van der Waals surface area (Å²) >= 11 is 0. The van der Waals surface area contributed by atoms with Gasteiger partial charge >= 0.3 is 5.97 Å². The number of nitrogens with one attached hydrogen (secondary N) is 1. The lowest BCUT2D eigenvalue weighted by atomic mass is 9.83. The van der Waals surface area contributed by atoms with Crippen molar-refractivity contribution < 1.29 is 9.90 Å². The van der Waals surface area contributed by atoms with Crippen molar-refractivity contribution in [2.75, 3.05) is 6.54 Å². The molecular formula is C12H25NO2. The predicted molar refractivity (Wildman–Crippen MR) is 63.0 cm³/mol. The van der Waals surface area contributed by atoms with Gasteiger partial charge in [-0.25, -0.2) is 0 Å². The summed E-state index contributed by atoms with van der Waals surface area (Å²) in [6.07, 6.45) is 1.09. The zero-order chi connectivity index (χ0) is 12.3. The van der Waals surface area contributed by atoms with E-state index in [9.17, 15) is 4.79 Å². The molecule has 0 aliphatic rings. The van der Waals surface area contributed by atoms with Crippen LogP contribution in [0.15, 0.2) is 0 Å². The molecule has 0 aromatic heterocycles. The molecule has 0 saturated carbocycles. The van der Waals surface area contributed by atoms with Crippen LogP contribution in [0.1, 0.15) is 48.0 Å². The van der Waals surface area contributed by atoms with Crippen molar-refractivity contribution >= 4 is 5.97 Å². The predicted octanol–water partition coefficient (Wildman–Crippen LogP) is 2.51. The Morgan fingerprint density at radius 3 is 2.07 bits per heavy atom. The van der Waals surface area contributed by atoms with Gasteiger partial charge in [0, 0.05) is 6.54 Å². The number of carboxylic acids is 1. The van der Waals surface area contributed by atoms with Crippen molar-refractivity contribution in [2.24, 2.45) is 11.3 Å². The normalized spacial score (nSPS) is 13.3. The van der Waals surface area contributed by atoms with E-state index in [1.54, 1.807) is 13.8 Å². The van der Waals surface area contributed by atoms with E-state index in [4.69, 9.17) is 5.11 Å². The van der Waals surface area contributed by atoms with Crippen LogP contribution in [0.4, 0.5) is 0 Å². The van der Waals surface area contributed by atoms with Gasteiger partial charge in [-0.15, -0.1) is 0 Å². The first-order chi connectivity index (χ1) is 6.57. The molecule has 0 bridgehead atoms. The fourth-order valence-electron chi connectivity index (χ4n) is 1.71. The first kappa shape index (κ1) is 14.4. The average Bonchev–Trinajstić information content (AvgIpc) is 1.98. The third-order valence-electron chi connectivity index (χ3n) is 2.50. The van der Waals surface area contributed by atoms with Gasteiger partial charge in [-0.05, 0) is 31.6 Å². The maximum Gasteiger partial charge on any atom is 0.323 e. The monoisotopic (exact) mass is 215 g/mol. The first-order valence-corrected chi connectivity index (χ1v) is 5.55. The van der Waals surface area contributed by atoms with E-state index in [0.29, 0.717) is 5.92 Å². The van der Waals surface area contributed by atoms with Crippen LogP contribution in [0.25, 0.3) is 0 Å². The first-order valence-electron chi connectivity index (χ1n) is 5.55. The van der Waals surface area contributed by atoms with Crippen LogP contribution in [-0.2, 0) is 4.79 Å². The van der Waals surface area contributed by atoms with E-state index < -0.39 is 11.5 Å². The zero-order valence-electron chi connectivity index (χ0n) is 10.8. The molecule has 2 N–H and O–H groups in total. The van der Waals surface area contributed by atoms with Gasteiger partial charge in [-0.3, -0.25) is 4.79 Å². The summed E-state index contributed by atoms with van der Waals surface area (Å²) in [6.45, 7) is 12.8. The van der Waals surface area contributed by atoms with E-state index in [1.165, 1.54) is 0 Å². The Balaban J connectivity index is 4.20. The van der Waals surface area contributed by atoms with E-state index in [-0.39, 0.29) is 5.41 Å². The Morgan fingerprint density at radius 2 is 1.73 bits per heavy atom. The maximum atomic E-state index is 10.9. The number of hydrogen-bond acceptors (Lipinski definition) is 2. The molecule has 0 spiro atoms. The minimum Gasteiger partial charge on any atom is -0.480 e. The van der Waals surface area contributed by atoms with E-state index in [1.807, 2.05) is 0 Å². The molecule has 3 nitrogen and oxygen atoms in total. The Hall–Kier alpha value is -0.570. The second-order valence-electron chi connectivity index (χ2n) is 6.05. The largest absolute Gasteiger partial charge is 0.480 e. The smallest absolute Gasteiger partial charge is 0.323 e. The van der Waals surface area contributed by atoms with E-state index in [0.717, 1.165) is 13.0 Å². The summed E-state index contributed by atoms with van der Waals surface area (Å²) in [4.78, 5) is 10.9. The Labute approximate surface area is 93.3 Å². The number of rotatable bonds is 6. The summed E-state index contributed by atoms with van der Waals surface area (Å²) < 4.78 is 0. The Morgan fingerprint density at radius 1 is 1.27 bits per heavy atom. The lowest BCUT2D eigenvalue weighted by Gasteiger charge is -2.31. The molecule has 0 unspecified atom stereocenters. The molecule has 0 saturated heterocycles. The third-order valence-corrected chi connectivity index (χ3v) is 2.50. The molecule has 0 rings (SSSR count). The van der Waals surface area contributed by atoms with Crippen molar-refractivity contribution in [3.05, 3.63) is 0 Å². The zero-order valence-corrected chi connectivity index (χ0v) is 10.8. The van der Waals surface area contributed by atoms with Crippen LogP contribution in [0.3, 0.4) is 0 Å². The molecule has 90 valence electrons. The Bertz CT molecular complexity index is 220. The second-order valence-corrected chi connectivity index (χ2v) is 6.05. The average molecular weight is 215 g/mol. The molecule has 15 heavy (non-hydrogen) atoms. The number of carbonyl (C=O) groups is 1. The molecule has 0 aromatic carbocycles. The fourth-order valence-corrected chi connectivity index (χ4v) is 1.71. The van der Waals surface area contributed by atoms with Crippen molar-refractivity contribution in [3.63, 3.8) is 0 Å². The summed E-state index contributed by atoms with van der Waals surface area (Å²) in [5.74, 6) is -0.169. The summed E-state index contributed by atoms with van der Waals surface area (Å²) in [6, 6.07) is 0. The summed E-state index contributed by atoms with van der Waals surface area (Å²) in [7, 11) is 0. The molecule has 0 atom stereocenters. The summed E-state index contributed by atoms with van der Waals surface area (Å²) in [5.41, 5.74) is -0.699. The molecule has 0 heterocycles. The van der Waals surface area contributed by atoms with Crippen LogP contribution < -0.4 is 5.32 Å². The van der Waals surface area contributed by atoms with Crippen LogP contribution in [-0.4, -0.2) is 23.2 Å². The van der Waals surface area contributed by atoms with Gasteiger partial charge in [0.2, 0.25) is 0 Å². The van der Waals surface area contributed by atoms with Crippen LogP contribution in [0.5, 0.6) is 0 Å². The highest BCUT2D eigenvalue weighted by Crippen LogP contribution is 2.24. The molecular weight excluding hydrogens is 190 g/mol. The van der Waals surface area contributed by atoms with Gasteiger partial charge in [0.15, 0.2) is 0 Å². The molecule has 0 radical (unpaired) electrons. The molecule has 0 aliphatic heterocycles. The summed E-state index contributed by atoms with van der Waals surface area (Å²) in [5, 5.41) is 12.1. The van der Waals surface area contributed by atoms with E-state index in [2.05, 4.69) is 33.0 Å². The van der Waals surface area contributed by atoms with Crippen LogP contribution >= 0.6 is 0 Å². The van der Waals surface area contributed by atoms with Gasteiger partial charge in [0.25, 0.3) is 0 Å². The van der Waals surface area contributed by atoms with Crippen molar-refractivity contribution in [1.82, 2.24) is 5.32 Å².